The van der Waals surface area contributed by atoms with Gasteiger partial charge in [0.25, 0.3) is 5.91 Å². The summed E-state index contributed by atoms with van der Waals surface area (Å²) in [4.78, 5) is 24.0. The lowest BCUT2D eigenvalue weighted by atomic mass is 10.1. The molecule has 2 N–H and O–H groups in total. The summed E-state index contributed by atoms with van der Waals surface area (Å²) >= 11 is 0. The number of halogens is 1. The minimum absolute atomic E-state index is 0.356. The van der Waals surface area contributed by atoms with Gasteiger partial charge in [-0.25, -0.2) is 9.82 Å². The van der Waals surface area contributed by atoms with Gasteiger partial charge in [0, 0.05) is 5.69 Å². The monoisotopic (exact) mass is 343 g/mol. The molecule has 0 aromatic heterocycles. The summed E-state index contributed by atoms with van der Waals surface area (Å²) in [7, 11) is 1.55. The molecule has 0 bridgehead atoms. The molecule has 0 spiro atoms. The third kappa shape index (κ3) is 5.42. The first kappa shape index (κ1) is 18.1. The van der Waals surface area contributed by atoms with Gasteiger partial charge in [-0.3, -0.25) is 9.59 Å². The van der Waals surface area contributed by atoms with Crippen molar-refractivity contribution in [1.82, 2.24) is 5.43 Å². The van der Waals surface area contributed by atoms with E-state index in [0.29, 0.717) is 17.0 Å². The van der Waals surface area contributed by atoms with E-state index in [9.17, 15) is 14.0 Å². The van der Waals surface area contributed by atoms with Crippen LogP contribution in [0.5, 0.6) is 5.75 Å². The molecule has 2 aromatic carbocycles. The average molecular weight is 343 g/mol. The van der Waals surface area contributed by atoms with E-state index < -0.39 is 17.7 Å². The Hall–Kier alpha value is -3.22. The van der Waals surface area contributed by atoms with Crippen molar-refractivity contribution in [1.29, 1.82) is 0 Å². The molecular weight excluding hydrogens is 325 g/mol. The van der Waals surface area contributed by atoms with Gasteiger partial charge in [-0.1, -0.05) is 12.1 Å². The van der Waals surface area contributed by atoms with Crippen molar-refractivity contribution in [3.05, 3.63) is 59.9 Å². The summed E-state index contributed by atoms with van der Waals surface area (Å²) in [6, 6.07) is 12.4. The van der Waals surface area contributed by atoms with Gasteiger partial charge < -0.3 is 10.1 Å². The number of hydrogen-bond acceptors (Lipinski definition) is 4. The summed E-state index contributed by atoms with van der Waals surface area (Å²) in [5, 5.41) is 6.40. The van der Waals surface area contributed by atoms with Gasteiger partial charge in [0.2, 0.25) is 5.91 Å². The van der Waals surface area contributed by atoms with Crippen molar-refractivity contribution in [2.24, 2.45) is 11.0 Å². The third-order valence-corrected chi connectivity index (χ3v) is 3.40. The van der Waals surface area contributed by atoms with Gasteiger partial charge >= 0.3 is 0 Å². The number of methoxy groups -OCH3 is 1. The van der Waals surface area contributed by atoms with E-state index in [1.165, 1.54) is 37.4 Å². The topological polar surface area (TPSA) is 79.8 Å². The number of nitrogens with one attached hydrogen (secondary N) is 2. The Morgan fingerprint density at radius 2 is 1.72 bits per heavy atom. The van der Waals surface area contributed by atoms with Gasteiger partial charge in [-0.2, -0.15) is 5.10 Å². The molecule has 0 aliphatic carbocycles. The largest absolute Gasteiger partial charge is 0.497 e. The number of benzene rings is 2. The van der Waals surface area contributed by atoms with Crippen LogP contribution in [0.1, 0.15) is 12.5 Å². The number of anilines is 1. The molecule has 2 aromatic rings. The van der Waals surface area contributed by atoms with Gasteiger partial charge in [-0.05, 0) is 48.9 Å². The van der Waals surface area contributed by atoms with Crippen LogP contribution in [0.2, 0.25) is 0 Å². The Bertz CT molecular complexity index is 758. The van der Waals surface area contributed by atoms with Crippen molar-refractivity contribution in [3.8, 4) is 5.75 Å². The van der Waals surface area contributed by atoms with E-state index in [1.54, 1.807) is 31.4 Å². The van der Waals surface area contributed by atoms with Crippen molar-refractivity contribution < 1.29 is 18.7 Å². The predicted octanol–water partition coefficient (Wildman–Crippen LogP) is 2.56. The number of nitrogens with zero attached hydrogens (tertiary/aromatic N) is 1. The maximum atomic E-state index is 12.8. The molecule has 1 unspecified atom stereocenters. The van der Waals surface area contributed by atoms with Crippen molar-refractivity contribution in [3.63, 3.8) is 0 Å². The highest BCUT2D eigenvalue weighted by atomic mass is 19.1. The van der Waals surface area contributed by atoms with E-state index in [4.69, 9.17) is 4.74 Å². The number of ether oxygens (including phenoxy) is 1. The summed E-state index contributed by atoms with van der Waals surface area (Å²) in [6.45, 7) is 1.47. The second kappa shape index (κ2) is 8.58. The lowest BCUT2D eigenvalue weighted by Crippen LogP contribution is -2.34. The Morgan fingerprint density at radius 1 is 1.08 bits per heavy atom. The molecule has 2 amide bonds. The van der Waals surface area contributed by atoms with Gasteiger partial charge in [0.05, 0.1) is 13.3 Å². The molecule has 25 heavy (non-hydrogen) atoms. The fraction of sp³-hybridized carbons (Fsp3) is 0.167. The maximum Gasteiger partial charge on any atom is 0.252 e. The quantitative estimate of drug-likeness (QED) is 0.481. The first-order valence-electron chi connectivity index (χ1n) is 7.53. The van der Waals surface area contributed by atoms with Crippen molar-refractivity contribution >= 4 is 23.7 Å². The first-order valence-corrected chi connectivity index (χ1v) is 7.53. The van der Waals surface area contributed by atoms with Crippen LogP contribution in [-0.4, -0.2) is 25.1 Å². The van der Waals surface area contributed by atoms with Gasteiger partial charge in [-0.15, -0.1) is 0 Å². The van der Waals surface area contributed by atoms with Crippen molar-refractivity contribution in [2.75, 3.05) is 12.4 Å². The predicted molar refractivity (Wildman–Crippen MR) is 92.9 cm³/mol. The van der Waals surface area contributed by atoms with Crippen LogP contribution in [0, 0.1) is 11.7 Å². The number of amides is 2. The van der Waals surface area contributed by atoms with Gasteiger partial charge in [0.15, 0.2) is 0 Å². The SMILES string of the molecule is COc1ccc(NC(=O)C(C)C(=O)NN=Cc2ccc(F)cc2)cc1. The van der Waals surface area contributed by atoms with E-state index in [0.717, 1.165) is 0 Å². The number of carbonyl (C=O) groups is 2. The van der Waals surface area contributed by atoms with Gasteiger partial charge in [0.1, 0.15) is 17.5 Å². The van der Waals surface area contributed by atoms with E-state index in [2.05, 4.69) is 15.8 Å². The number of hydrazone groups is 1. The highest BCUT2D eigenvalue weighted by Crippen LogP contribution is 2.15. The average Bonchev–Trinajstić information content (AvgIpc) is 2.63. The highest BCUT2D eigenvalue weighted by molar-refractivity contribution is 6.06. The highest BCUT2D eigenvalue weighted by Gasteiger charge is 2.21. The van der Waals surface area contributed by atoms with Crippen LogP contribution in [-0.2, 0) is 9.59 Å². The summed E-state index contributed by atoms with van der Waals surface area (Å²) in [6.07, 6.45) is 1.37. The molecule has 6 nitrogen and oxygen atoms in total. The van der Waals surface area contributed by atoms with Crippen LogP contribution in [0.4, 0.5) is 10.1 Å². The summed E-state index contributed by atoms with van der Waals surface area (Å²) < 4.78 is 17.8. The van der Waals surface area contributed by atoms with E-state index in [1.807, 2.05) is 0 Å². The molecule has 130 valence electrons. The normalized spacial score (nSPS) is 11.8. The summed E-state index contributed by atoms with van der Waals surface area (Å²) in [5.74, 6) is -1.64. The molecule has 0 fully saturated rings. The minimum atomic E-state index is -0.938. The Morgan fingerprint density at radius 3 is 2.32 bits per heavy atom. The zero-order valence-corrected chi connectivity index (χ0v) is 13.8. The zero-order valence-electron chi connectivity index (χ0n) is 13.8. The van der Waals surface area contributed by atoms with Crippen LogP contribution in [0.25, 0.3) is 0 Å². The molecule has 2 rings (SSSR count). The number of hydrogen-bond donors (Lipinski definition) is 2. The van der Waals surface area contributed by atoms with Crippen molar-refractivity contribution in [2.45, 2.75) is 6.92 Å². The molecule has 1 atom stereocenters. The Labute approximate surface area is 144 Å². The van der Waals surface area contributed by atoms with Crippen LogP contribution >= 0.6 is 0 Å². The molecule has 0 saturated heterocycles. The molecular formula is C18H18FN3O3. The summed E-state index contributed by atoms with van der Waals surface area (Å²) in [5.41, 5.74) is 3.46. The maximum absolute atomic E-state index is 12.8. The Balaban J connectivity index is 1.87. The van der Waals surface area contributed by atoms with Crippen LogP contribution in [0.15, 0.2) is 53.6 Å². The smallest absolute Gasteiger partial charge is 0.252 e. The molecule has 0 radical (unpaired) electrons. The minimum Gasteiger partial charge on any atom is -0.497 e. The third-order valence-electron chi connectivity index (χ3n) is 3.40. The second-order valence-electron chi connectivity index (χ2n) is 5.23. The number of carbonyl (C=O) groups excluding carboxylic acids is 2. The first-order chi connectivity index (χ1) is 12.0. The molecule has 0 heterocycles. The second-order valence-corrected chi connectivity index (χ2v) is 5.23. The molecule has 7 heteroatoms. The van der Waals surface area contributed by atoms with Crippen LogP contribution in [0.3, 0.4) is 0 Å². The zero-order chi connectivity index (χ0) is 18.2. The Kier molecular flexibility index (Phi) is 6.22. The fourth-order valence-corrected chi connectivity index (χ4v) is 1.86. The van der Waals surface area contributed by atoms with E-state index in [-0.39, 0.29) is 5.82 Å². The fourth-order valence-electron chi connectivity index (χ4n) is 1.86. The lowest BCUT2D eigenvalue weighted by Gasteiger charge is -2.11. The van der Waals surface area contributed by atoms with E-state index >= 15 is 0 Å². The molecule has 0 saturated carbocycles. The van der Waals surface area contributed by atoms with Crippen LogP contribution < -0.4 is 15.5 Å². The number of rotatable bonds is 6. The lowest BCUT2D eigenvalue weighted by molar-refractivity contribution is -0.131. The molecule has 0 aliphatic heterocycles. The molecule has 0 aliphatic rings. The standard InChI is InChI=1S/C18H18FN3O3/c1-12(17(23)21-15-7-9-16(25-2)10-8-15)18(24)22-20-11-13-3-5-14(19)6-4-13/h3-12H,1-2H3,(H,21,23)(H,22,24).